The lowest BCUT2D eigenvalue weighted by Crippen LogP contribution is -2.27. The van der Waals surface area contributed by atoms with Gasteiger partial charge >= 0.3 is 0 Å². The molecule has 0 saturated carbocycles. The van der Waals surface area contributed by atoms with Crippen molar-refractivity contribution < 1.29 is 14.2 Å². The Morgan fingerprint density at radius 3 is 2.56 bits per heavy atom. The van der Waals surface area contributed by atoms with Gasteiger partial charge in [0.15, 0.2) is 11.6 Å². The minimum absolute atomic E-state index is 0.0268. The molecule has 0 radical (unpaired) electrons. The zero-order valence-corrected chi connectivity index (χ0v) is 16.8. The highest BCUT2D eigenvalue weighted by molar-refractivity contribution is 6.28. The van der Waals surface area contributed by atoms with E-state index in [0.29, 0.717) is 24.1 Å². The van der Waals surface area contributed by atoms with Crippen molar-refractivity contribution in [3.05, 3.63) is 40.7 Å². The number of aromatic nitrogens is 3. The maximum absolute atomic E-state index is 13.9. The molecule has 0 aliphatic rings. The highest BCUT2D eigenvalue weighted by Crippen LogP contribution is 2.25. The third-order valence-electron chi connectivity index (χ3n) is 4.20. The summed E-state index contributed by atoms with van der Waals surface area (Å²) < 4.78 is 18.9. The molecule has 2 aromatic rings. The molecule has 148 valence electrons. The lowest BCUT2D eigenvalue weighted by Gasteiger charge is -2.19. The molecule has 27 heavy (non-hydrogen) atoms. The van der Waals surface area contributed by atoms with Gasteiger partial charge in [-0.2, -0.15) is 9.97 Å². The minimum Gasteiger partial charge on any atom is -0.494 e. The van der Waals surface area contributed by atoms with E-state index >= 15 is 0 Å². The molecule has 2 unspecified atom stereocenters. The van der Waals surface area contributed by atoms with E-state index in [4.69, 9.17) is 16.3 Å². The van der Waals surface area contributed by atoms with E-state index in [0.717, 1.165) is 12.0 Å². The Bertz CT molecular complexity index is 760. The molecule has 1 aromatic carbocycles. The Kier molecular flexibility index (Phi) is 7.74. The molecule has 0 aliphatic carbocycles. The number of benzene rings is 1. The second-order valence-electron chi connectivity index (χ2n) is 7.00. The van der Waals surface area contributed by atoms with E-state index in [1.165, 1.54) is 13.2 Å². The summed E-state index contributed by atoms with van der Waals surface area (Å²) in [4.78, 5) is 12.7. The predicted molar refractivity (Wildman–Crippen MR) is 104 cm³/mol. The average molecular weight is 397 g/mol. The fourth-order valence-electron chi connectivity index (χ4n) is 2.86. The van der Waals surface area contributed by atoms with Crippen LogP contribution in [-0.2, 0) is 6.42 Å². The molecule has 2 N–H and O–H groups in total. The van der Waals surface area contributed by atoms with Crippen LogP contribution in [0.5, 0.6) is 5.75 Å². The van der Waals surface area contributed by atoms with E-state index < -0.39 is 5.82 Å². The Hall–Kier alpha value is -1.99. The number of hydrogen-bond donors (Lipinski definition) is 2. The molecule has 0 saturated heterocycles. The lowest BCUT2D eigenvalue weighted by molar-refractivity contribution is 0.259. The fraction of sp³-hybridized carbons (Fsp3) is 0.526. The van der Waals surface area contributed by atoms with Crippen LogP contribution in [0.4, 0.5) is 10.3 Å². The van der Waals surface area contributed by atoms with Gasteiger partial charge in [-0.05, 0) is 47.6 Å². The Labute approximate surface area is 164 Å². The van der Waals surface area contributed by atoms with Gasteiger partial charge in [0.2, 0.25) is 11.2 Å². The quantitative estimate of drug-likeness (QED) is 0.670. The van der Waals surface area contributed by atoms with Crippen molar-refractivity contribution in [3.63, 3.8) is 0 Å². The van der Waals surface area contributed by atoms with Gasteiger partial charge in [0, 0.05) is 6.42 Å². The molecule has 2 atom stereocenters. The van der Waals surface area contributed by atoms with Crippen LogP contribution in [0.3, 0.4) is 0 Å². The summed E-state index contributed by atoms with van der Waals surface area (Å²) in [5.74, 6) is 1.02. The summed E-state index contributed by atoms with van der Waals surface area (Å²) in [6.07, 6.45) is 1.24. The lowest BCUT2D eigenvalue weighted by atomic mass is 9.97. The summed E-state index contributed by atoms with van der Waals surface area (Å²) in [5, 5.41) is 12.7. The predicted octanol–water partition coefficient (Wildman–Crippen LogP) is 3.84. The maximum atomic E-state index is 13.9. The molecule has 1 aromatic heterocycles. The van der Waals surface area contributed by atoms with Gasteiger partial charge in [0.25, 0.3) is 0 Å². The summed E-state index contributed by atoms with van der Waals surface area (Å²) in [6.45, 7) is 6.08. The molecule has 0 aliphatic heterocycles. The third kappa shape index (κ3) is 6.29. The van der Waals surface area contributed by atoms with Crippen LogP contribution in [0, 0.1) is 11.7 Å². The number of methoxy groups -OCH3 is 1. The third-order valence-corrected chi connectivity index (χ3v) is 4.37. The van der Waals surface area contributed by atoms with Crippen molar-refractivity contribution in [2.75, 3.05) is 19.0 Å². The van der Waals surface area contributed by atoms with Crippen LogP contribution in [0.15, 0.2) is 18.2 Å². The largest absolute Gasteiger partial charge is 0.494 e. The summed E-state index contributed by atoms with van der Waals surface area (Å²) in [5.41, 5.74) is 0.812. The number of aliphatic hydroxyl groups is 1. The summed E-state index contributed by atoms with van der Waals surface area (Å²) in [7, 11) is 1.43. The average Bonchev–Trinajstić information content (AvgIpc) is 2.60. The van der Waals surface area contributed by atoms with Crippen LogP contribution >= 0.6 is 11.6 Å². The van der Waals surface area contributed by atoms with Crippen molar-refractivity contribution in [2.45, 2.75) is 45.6 Å². The zero-order chi connectivity index (χ0) is 20.0. The molecular formula is C19H26ClFN4O2. The number of aliphatic hydroxyl groups excluding tert-OH is 1. The van der Waals surface area contributed by atoms with Gasteiger partial charge in [-0.15, -0.1) is 0 Å². The first-order valence-corrected chi connectivity index (χ1v) is 9.31. The topological polar surface area (TPSA) is 80.2 Å². The second-order valence-corrected chi connectivity index (χ2v) is 7.33. The molecule has 0 fully saturated rings. The van der Waals surface area contributed by atoms with E-state index in [1.807, 2.05) is 13.0 Å². The van der Waals surface area contributed by atoms with Crippen LogP contribution in [0.1, 0.15) is 44.5 Å². The van der Waals surface area contributed by atoms with E-state index in [-0.39, 0.29) is 29.6 Å². The molecule has 2 rings (SSSR count). The molecular weight excluding hydrogens is 371 g/mol. The zero-order valence-electron chi connectivity index (χ0n) is 16.0. The molecule has 8 heteroatoms. The van der Waals surface area contributed by atoms with Crippen molar-refractivity contribution in [3.8, 4) is 5.75 Å². The van der Waals surface area contributed by atoms with Gasteiger partial charge in [0.1, 0.15) is 5.82 Å². The van der Waals surface area contributed by atoms with E-state index in [1.54, 1.807) is 6.07 Å². The molecule has 0 spiro atoms. The second kappa shape index (κ2) is 9.80. The molecule has 6 nitrogen and oxygen atoms in total. The first kappa shape index (κ1) is 21.3. The van der Waals surface area contributed by atoms with Crippen molar-refractivity contribution in [2.24, 2.45) is 5.92 Å². The fourth-order valence-corrected chi connectivity index (χ4v) is 3.04. The van der Waals surface area contributed by atoms with Gasteiger partial charge in [-0.25, -0.2) is 9.37 Å². The standard InChI is InChI=1S/C19H26ClFN4O2/c1-11(2)7-14(10-26)22-19-24-17(23-18(20)25-19)8-12(3)13-5-6-16(27-4)15(21)9-13/h5-6,9,11-12,14,26H,7-8,10H2,1-4H3,(H,22,23,24,25). The molecule has 0 bridgehead atoms. The normalized spacial score (nSPS) is 13.5. The highest BCUT2D eigenvalue weighted by Gasteiger charge is 2.16. The first-order chi connectivity index (χ1) is 12.8. The number of halogens is 2. The summed E-state index contributed by atoms with van der Waals surface area (Å²) >= 11 is 6.04. The number of hydrogen-bond acceptors (Lipinski definition) is 6. The van der Waals surface area contributed by atoms with Gasteiger partial charge < -0.3 is 15.2 Å². The Morgan fingerprint density at radius 2 is 1.96 bits per heavy atom. The minimum atomic E-state index is -0.405. The monoisotopic (exact) mass is 396 g/mol. The van der Waals surface area contributed by atoms with Crippen LogP contribution in [-0.4, -0.2) is 39.8 Å². The molecule has 1 heterocycles. The number of ether oxygens (including phenoxy) is 1. The van der Waals surface area contributed by atoms with Crippen molar-refractivity contribution >= 4 is 17.5 Å². The Balaban J connectivity index is 2.14. The van der Waals surface area contributed by atoms with Crippen molar-refractivity contribution in [1.29, 1.82) is 0 Å². The molecule has 0 amide bonds. The first-order valence-electron chi connectivity index (χ1n) is 8.93. The van der Waals surface area contributed by atoms with E-state index in [2.05, 4.69) is 34.1 Å². The number of rotatable bonds is 9. The van der Waals surface area contributed by atoms with Crippen LogP contribution in [0.25, 0.3) is 0 Å². The van der Waals surface area contributed by atoms with Gasteiger partial charge in [-0.3, -0.25) is 0 Å². The van der Waals surface area contributed by atoms with Gasteiger partial charge in [-0.1, -0.05) is 26.8 Å². The van der Waals surface area contributed by atoms with E-state index in [9.17, 15) is 9.50 Å². The van der Waals surface area contributed by atoms with Crippen LogP contribution < -0.4 is 10.1 Å². The Morgan fingerprint density at radius 1 is 1.22 bits per heavy atom. The smallest absolute Gasteiger partial charge is 0.227 e. The van der Waals surface area contributed by atoms with Gasteiger partial charge in [0.05, 0.1) is 19.8 Å². The summed E-state index contributed by atoms with van der Waals surface area (Å²) in [6, 6.07) is 4.71. The highest BCUT2D eigenvalue weighted by atomic mass is 35.5. The van der Waals surface area contributed by atoms with Crippen molar-refractivity contribution in [1.82, 2.24) is 15.0 Å². The van der Waals surface area contributed by atoms with Crippen LogP contribution in [0.2, 0.25) is 5.28 Å². The number of anilines is 1. The number of nitrogens with zero attached hydrogens (tertiary/aromatic N) is 3. The maximum Gasteiger partial charge on any atom is 0.227 e. The number of nitrogens with one attached hydrogen (secondary N) is 1. The SMILES string of the molecule is COc1ccc(C(C)Cc2nc(Cl)nc(NC(CO)CC(C)C)n2)cc1F.